The number of alkyl halides is 5. The molecular formula is C11H11ClF4O. The molecule has 1 aromatic carbocycles. The molecule has 0 aliphatic rings. The molecule has 1 aromatic rings. The molecule has 0 heterocycles. The highest BCUT2D eigenvalue weighted by Gasteiger charge is 2.14. The van der Waals surface area contributed by atoms with Gasteiger partial charge in [-0.2, -0.15) is 8.78 Å². The molecule has 0 aliphatic heterocycles. The van der Waals surface area contributed by atoms with Crippen LogP contribution in [0, 0.1) is 0 Å². The number of aryl methyl sites for hydroxylation is 1. The number of halogens is 5. The number of ether oxygens (including phenoxy) is 1. The van der Waals surface area contributed by atoms with Gasteiger partial charge in [-0.3, -0.25) is 0 Å². The van der Waals surface area contributed by atoms with Crippen molar-refractivity contribution in [2.45, 2.75) is 25.9 Å². The fourth-order valence-corrected chi connectivity index (χ4v) is 1.58. The van der Waals surface area contributed by atoms with Crippen molar-refractivity contribution in [2.24, 2.45) is 0 Å². The standard InChI is InChI=1S/C11H11ClF4O/c12-5-1-2-7-6-8(17-11(15)16)3-4-9(7)10(13)14/h3-4,6,10-11H,1-2,5H2. The number of rotatable bonds is 6. The first kappa shape index (κ1) is 14.1. The Morgan fingerprint density at radius 3 is 2.41 bits per heavy atom. The number of benzene rings is 1. The third-order valence-corrected chi connectivity index (χ3v) is 2.42. The van der Waals surface area contributed by atoms with E-state index in [2.05, 4.69) is 4.74 Å². The first-order valence-corrected chi connectivity index (χ1v) is 5.49. The minimum atomic E-state index is -2.96. The molecule has 0 aliphatic carbocycles. The first-order chi connectivity index (χ1) is 8.04. The van der Waals surface area contributed by atoms with Crippen molar-refractivity contribution < 1.29 is 22.3 Å². The molecule has 0 fully saturated rings. The molecule has 6 heteroatoms. The maximum atomic E-state index is 12.6. The summed E-state index contributed by atoms with van der Waals surface area (Å²) in [6.45, 7) is -2.96. The van der Waals surface area contributed by atoms with Crippen LogP contribution in [-0.4, -0.2) is 12.5 Å². The normalized spacial score (nSPS) is 11.2. The summed E-state index contributed by atoms with van der Waals surface area (Å²) in [6.07, 6.45) is -1.83. The second-order valence-electron chi connectivity index (χ2n) is 3.33. The SMILES string of the molecule is FC(F)Oc1ccc(C(F)F)c(CCCCl)c1. The van der Waals surface area contributed by atoms with E-state index in [0.29, 0.717) is 24.3 Å². The van der Waals surface area contributed by atoms with Gasteiger partial charge in [0, 0.05) is 11.4 Å². The summed E-state index contributed by atoms with van der Waals surface area (Å²) < 4.78 is 53.4. The zero-order chi connectivity index (χ0) is 12.8. The Balaban J connectivity index is 2.92. The fraction of sp³-hybridized carbons (Fsp3) is 0.455. The summed E-state index contributed by atoms with van der Waals surface area (Å²) in [7, 11) is 0. The third-order valence-electron chi connectivity index (χ3n) is 2.15. The fourth-order valence-electron chi connectivity index (χ4n) is 1.44. The molecule has 0 spiro atoms. The minimum absolute atomic E-state index is 0.117. The van der Waals surface area contributed by atoms with E-state index in [0.717, 1.165) is 12.1 Å². The predicted octanol–water partition coefficient (Wildman–Crippen LogP) is 4.40. The molecule has 0 aromatic heterocycles. The molecule has 0 atom stereocenters. The van der Waals surface area contributed by atoms with Gasteiger partial charge in [0.05, 0.1) is 0 Å². The zero-order valence-corrected chi connectivity index (χ0v) is 9.56. The van der Waals surface area contributed by atoms with Crippen molar-refractivity contribution in [3.63, 3.8) is 0 Å². The van der Waals surface area contributed by atoms with Gasteiger partial charge in [-0.05, 0) is 36.6 Å². The molecule has 0 saturated heterocycles. The monoisotopic (exact) mass is 270 g/mol. The van der Waals surface area contributed by atoms with E-state index in [4.69, 9.17) is 11.6 Å². The molecule has 0 saturated carbocycles. The summed E-state index contributed by atoms with van der Waals surface area (Å²) in [5, 5.41) is 0. The van der Waals surface area contributed by atoms with E-state index in [-0.39, 0.29) is 11.3 Å². The lowest BCUT2D eigenvalue weighted by molar-refractivity contribution is -0.0499. The van der Waals surface area contributed by atoms with Gasteiger partial charge >= 0.3 is 6.61 Å². The smallest absolute Gasteiger partial charge is 0.387 e. The van der Waals surface area contributed by atoms with E-state index in [1.54, 1.807) is 0 Å². The lowest BCUT2D eigenvalue weighted by Gasteiger charge is -2.11. The van der Waals surface area contributed by atoms with Gasteiger partial charge in [-0.15, -0.1) is 11.6 Å². The van der Waals surface area contributed by atoms with Gasteiger partial charge in [0.15, 0.2) is 0 Å². The quantitative estimate of drug-likeness (QED) is 0.550. The van der Waals surface area contributed by atoms with E-state index in [1.165, 1.54) is 6.07 Å². The van der Waals surface area contributed by atoms with Crippen LogP contribution >= 0.6 is 11.6 Å². The largest absolute Gasteiger partial charge is 0.435 e. The van der Waals surface area contributed by atoms with Crippen LogP contribution < -0.4 is 4.74 Å². The highest BCUT2D eigenvalue weighted by Crippen LogP contribution is 2.28. The molecular weight excluding hydrogens is 260 g/mol. The van der Waals surface area contributed by atoms with Crippen LogP contribution in [0.25, 0.3) is 0 Å². The molecule has 0 bridgehead atoms. The van der Waals surface area contributed by atoms with Gasteiger partial charge in [-0.25, -0.2) is 8.78 Å². The van der Waals surface area contributed by atoms with E-state index in [1.807, 2.05) is 0 Å². The van der Waals surface area contributed by atoms with E-state index >= 15 is 0 Å². The van der Waals surface area contributed by atoms with Crippen molar-refractivity contribution in [3.8, 4) is 5.75 Å². The van der Waals surface area contributed by atoms with Crippen molar-refractivity contribution >= 4 is 11.6 Å². The van der Waals surface area contributed by atoms with Crippen LogP contribution in [0.3, 0.4) is 0 Å². The van der Waals surface area contributed by atoms with Gasteiger partial charge < -0.3 is 4.74 Å². The summed E-state index contributed by atoms with van der Waals surface area (Å²) in [5.74, 6) is 0.205. The van der Waals surface area contributed by atoms with Crippen LogP contribution in [0.15, 0.2) is 18.2 Å². The summed E-state index contributed by atoms with van der Waals surface area (Å²) in [5.41, 5.74) is 0.121. The van der Waals surface area contributed by atoms with Crippen LogP contribution in [-0.2, 0) is 6.42 Å². The second-order valence-corrected chi connectivity index (χ2v) is 3.71. The van der Waals surface area contributed by atoms with Gasteiger partial charge in [0.2, 0.25) is 0 Å². The van der Waals surface area contributed by atoms with E-state index < -0.39 is 13.0 Å². The molecule has 0 radical (unpaired) electrons. The molecule has 1 nitrogen and oxygen atoms in total. The maximum Gasteiger partial charge on any atom is 0.387 e. The molecule has 0 amide bonds. The first-order valence-electron chi connectivity index (χ1n) is 4.96. The Morgan fingerprint density at radius 2 is 1.88 bits per heavy atom. The molecule has 17 heavy (non-hydrogen) atoms. The van der Waals surface area contributed by atoms with Crippen LogP contribution in [0.1, 0.15) is 24.0 Å². The molecule has 0 unspecified atom stereocenters. The van der Waals surface area contributed by atoms with Crippen LogP contribution in [0.2, 0.25) is 0 Å². The molecule has 96 valence electrons. The topological polar surface area (TPSA) is 9.23 Å². The number of hydrogen-bond acceptors (Lipinski definition) is 1. The highest BCUT2D eigenvalue weighted by molar-refractivity contribution is 6.17. The predicted molar refractivity (Wildman–Crippen MR) is 57.1 cm³/mol. The van der Waals surface area contributed by atoms with Crippen molar-refractivity contribution in [1.82, 2.24) is 0 Å². The Hall–Kier alpha value is -0.970. The van der Waals surface area contributed by atoms with Gasteiger partial charge in [0.1, 0.15) is 5.75 Å². The van der Waals surface area contributed by atoms with Crippen LogP contribution in [0.4, 0.5) is 17.6 Å². The lowest BCUT2D eigenvalue weighted by atomic mass is 10.0. The average molecular weight is 271 g/mol. The van der Waals surface area contributed by atoms with Crippen molar-refractivity contribution in [1.29, 1.82) is 0 Å². The highest BCUT2D eigenvalue weighted by atomic mass is 35.5. The Morgan fingerprint density at radius 1 is 1.18 bits per heavy atom. The second kappa shape index (κ2) is 6.69. The maximum absolute atomic E-state index is 12.6. The summed E-state index contributed by atoms with van der Waals surface area (Å²) in [4.78, 5) is 0. The Bertz CT molecular complexity index is 357. The summed E-state index contributed by atoms with van der Waals surface area (Å²) in [6, 6.07) is 3.42. The van der Waals surface area contributed by atoms with Crippen LogP contribution in [0.5, 0.6) is 5.75 Å². The molecule has 1 rings (SSSR count). The van der Waals surface area contributed by atoms with Gasteiger partial charge in [0.25, 0.3) is 6.43 Å². The Kier molecular flexibility index (Phi) is 5.55. The molecule has 0 N–H and O–H groups in total. The lowest BCUT2D eigenvalue weighted by Crippen LogP contribution is -2.04. The minimum Gasteiger partial charge on any atom is -0.435 e. The zero-order valence-electron chi connectivity index (χ0n) is 8.81. The third kappa shape index (κ3) is 4.42. The van der Waals surface area contributed by atoms with Crippen molar-refractivity contribution in [2.75, 3.05) is 5.88 Å². The van der Waals surface area contributed by atoms with Crippen molar-refractivity contribution in [3.05, 3.63) is 29.3 Å². The Labute approximate surface area is 101 Å². The average Bonchev–Trinajstić information content (AvgIpc) is 2.25. The summed E-state index contributed by atoms with van der Waals surface area (Å²) >= 11 is 5.47. The van der Waals surface area contributed by atoms with E-state index in [9.17, 15) is 17.6 Å². The van der Waals surface area contributed by atoms with Gasteiger partial charge in [-0.1, -0.05) is 0 Å². The number of hydrogen-bond donors (Lipinski definition) is 0.